The van der Waals surface area contributed by atoms with E-state index in [1.165, 1.54) is 12.3 Å². The van der Waals surface area contributed by atoms with Gasteiger partial charge < -0.3 is 9.67 Å². The number of hydrogen-bond acceptors (Lipinski definition) is 3. The van der Waals surface area contributed by atoms with Crippen LogP contribution in [0, 0.1) is 6.92 Å². The van der Waals surface area contributed by atoms with Crippen LogP contribution in [0.3, 0.4) is 0 Å². The summed E-state index contributed by atoms with van der Waals surface area (Å²) < 4.78 is 3.53. The van der Waals surface area contributed by atoms with E-state index in [4.69, 9.17) is 5.11 Å². The Bertz CT molecular complexity index is 713. The van der Waals surface area contributed by atoms with E-state index in [0.717, 1.165) is 23.5 Å². The quantitative estimate of drug-likeness (QED) is 0.909. The molecule has 2 aromatic rings. The molecule has 20 heavy (non-hydrogen) atoms. The lowest BCUT2D eigenvalue weighted by Gasteiger charge is -2.11. The highest BCUT2D eigenvalue weighted by Gasteiger charge is 2.12. The zero-order chi connectivity index (χ0) is 14.9. The first-order chi connectivity index (χ1) is 9.42. The molecule has 0 radical (unpaired) electrons. The second kappa shape index (κ2) is 5.32. The van der Waals surface area contributed by atoms with Gasteiger partial charge in [-0.1, -0.05) is 6.92 Å². The Balaban J connectivity index is 2.42. The minimum absolute atomic E-state index is 0.214. The third-order valence-corrected chi connectivity index (χ3v) is 3.30. The van der Waals surface area contributed by atoms with Gasteiger partial charge in [-0.15, -0.1) is 0 Å². The van der Waals surface area contributed by atoms with Crippen LogP contribution >= 0.6 is 0 Å². The predicted octanol–water partition coefficient (Wildman–Crippen LogP) is 1.20. The van der Waals surface area contributed by atoms with E-state index in [2.05, 4.69) is 5.10 Å². The van der Waals surface area contributed by atoms with Crippen molar-refractivity contribution in [1.82, 2.24) is 14.3 Å². The van der Waals surface area contributed by atoms with E-state index in [1.54, 1.807) is 16.2 Å². The van der Waals surface area contributed by atoms with Crippen molar-refractivity contribution < 1.29 is 9.90 Å². The molecule has 6 heteroatoms. The fraction of sp³-hybridized carbons (Fsp3) is 0.357. The molecule has 0 aliphatic carbocycles. The van der Waals surface area contributed by atoms with E-state index < -0.39 is 11.4 Å². The van der Waals surface area contributed by atoms with Gasteiger partial charge in [-0.05, 0) is 19.4 Å². The first-order valence-electron chi connectivity index (χ1n) is 6.38. The van der Waals surface area contributed by atoms with Gasteiger partial charge in [0.1, 0.15) is 5.56 Å². The van der Waals surface area contributed by atoms with E-state index >= 15 is 0 Å². The van der Waals surface area contributed by atoms with Crippen molar-refractivity contribution in [2.45, 2.75) is 26.8 Å². The standard InChI is InChI=1S/C14H17N3O3/c1-4-10-6-11(16(3)15-10)7-17-8-12(14(19)20)13(18)5-9(17)2/h5-6,8H,4,7H2,1-3H3,(H,19,20). The van der Waals surface area contributed by atoms with Crippen LogP contribution in [0.2, 0.25) is 0 Å². The lowest BCUT2D eigenvalue weighted by Crippen LogP contribution is -2.19. The van der Waals surface area contributed by atoms with Crippen LogP contribution in [-0.2, 0) is 20.0 Å². The molecule has 2 heterocycles. The molecule has 0 spiro atoms. The van der Waals surface area contributed by atoms with E-state index in [9.17, 15) is 9.59 Å². The average Bonchev–Trinajstić information content (AvgIpc) is 2.73. The van der Waals surface area contributed by atoms with Gasteiger partial charge in [-0.2, -0.15) is 5.10 Å². The highest BCUT2D eigenvalue weighted by Crippen LogP contribution is 2.08. The molecule has 0 aliphatic rings. The molecule has 0 fully saturated rings. The van der Waals surface area contributed by atoms with E-state index in [-0.39, 0.29) is 5.56 Å². The Hall–Kier alpha value is -2.37. The summed E-state index contributed by atoms with van der Waals surface area (Å²) in [6.07, 6.45) is 2.23. The lowest BCUT2D eigenvalue weighted by atomic mass is 10.2. The molecule has 0 unspecified atom stereocenters. The second-order valence-corrected chi connectivity index (χ2v) is 4.73. The van der Waals surface area contributed by atoms with Crippen molar-refractivity contribution in [3.8, 4) is 0 Å². The minimum Gasteiger partial charge on any atom is -0.477 e. The summed E-state index contributed by atoms with van der Waals surface area (Å²) in [4.78, 5) is 22.6. The van der Waals surface area contributed by atoms with Crippen molar-refractivity contribution in [2.24, 2.45) is 7.05 Å². The summed E-state index contributed by atoms with van der Waals surface area (Å²) in [6.45, 7) is 4.29. The smallest absolute Gasteiger partial charge is 0.341 e. The van der Waals surface area contributed by atoms with Gasteiger partial charge in [0.15, 0.2) is 5.43 Å². The van der Waals surface area contributed by atoms with Crippen molar-refractivity contribution in [3.63, 3.8) is 0 Å². The zero-order valence-corrected chi connectivity index (χ0v) is 11.8. The lowest BCUT2D eigenvalue weighted by molar-refractivity contribution is 0.0694. The van der Waals surface area contributed by atoms with Gasteiger partial charge in [-0.25, -0.2) is 4.79 Å². The summed E-state index contributed by atoms with van der Waals surface area (Å²) in [5.74, 6) is -1.21. The zero-order valence-electron chi connectivity index (χ0n) is 11.8. The van der Waals surface area contributed by atoms with Crippen LogP contribution in [0.15, 0.2) is 23.1 Å². The Kier molecular flexibility index (Phi) is 3.74. The van der Waals surface area contributed by atoms with Gasteiger partial charge in [0.05, 0.1) is 17.9 Å². The van der Waals surface area contributed by atoms with E-state index in [1.807, 2.05) is 20.0 Å². The summed E-state index contributed by atoms with van der Waals surface area (Å²) >= 11 is 0. The number of aromatic carboxylic acids is 1. The largest absolute Gasteiger partial charge is 0.477 e. The Labute approximate surface area is 116 Å². The molecule has 0 saturated carbocycles. The Morgan fingerprint density at radius 2 is 2.10 bits per heavy atom. The van der Waals surface area contributed by atoms with Crippen LogP contribution in [0.4, 0.5) is 0 Å². The predicted molar refractivity (Wildman–Crippen MR) is 74.1 cm³/mol. The highest BCUT2D eigenvalue weighted by molar-refractivity contribution is 5.87. The van der Waals surface area contributed by atoms with Crippen molar-refractivity contribution in [2.75, 3.05) is 0 Å². The number of carboxylic acids is 1. The molecule has 0 aliphatic heterocycles. The molecule has 0 amide bonds. The first-order valence-corrected chi connectivity index (χ1v) is 6.38. The van der Waals surface area contributed by atoms with Gasteiger partial charge in [0, 0.05) is 25.0 Å². The maximum atomic E-state index is 11.6. The molecule has 0 bridgehead atoms. The minimum atomic E-state index is -1.21. The van der Waals surface area contributed by atoms with Crippen LogP contribution in [0.1, 0.15) is 34.4 Å². The molecule has 106 valence electrons. The molecule has 2 rings (SSSR count). The molecule has 0 saturated heterocycles. The second-order valence-electron chi connectivity index (χ2n) is 4.73. The maximum absolute atomic E-state index is 11.6. The third kappa shape index (κ3) is 2.64. The summed E-state index contributed by atoms with van der Waals surface area (Å²) in [5.41, 5.74) is 1.99. The van der Waals surface area contributed by atoms with Crippen LogP contribution in [-0.4, -0.2) is 25.4 Å². The molecular weight excluding hydrogens is 258 g/mol. The molecule has 0 aromatic carbocycles. The van der Waals surface area contributed by atoms with E-state index in [0.29, 0.717) is 6.54 Å². The SMILES string of the molecule is CCc1cc(Cn2cc(C(=O)O)c(=O)cc2C)n(C)n1. The van der Waals surface area contributed by atoms with Crippen molar-refractivity contribution in [1.29, 1.82) is 0 Å². The van der Waals surface area contributed by atoms with Crippen LogP contribution in [0.5, 0.6) is 0 Å². The molecule has 2 aromatic heterocycles. The fourth-order valence-electron chi connectivity index (χ4n) is 2.07. The normalized spacial score (nSPS) is 10.8. The average molecular weight is 275 g/mol. The van der Waals surface area contributed by atoms with Crippen LogP contribution < -0.4 is 5.43 Å². The highest BCUT2D eigenvalue weighted by atomic mass is 16.4. The van der Waals surface area contributed by atoms with Crippen LogP contribution in [0.25, 0.3) is 0 Å². The first kappa shape index (κ1) is 14.0. The number of carboxylic acid groups (broad SMARTS) is 1. The number of rotatable bonds is 4. The molecule has 6 nitrogen and oxygen atoms in total. The van der Waals surface area contributed by atoms with Crippen molar-refractivity contribution in [3.05, 3.63) is 51.2 Å². The number of aromatic nitrogens is 3. The monoisotopic (exact) mass is 275 g/mol. The number of pyridine rings is 1. The number of hydrogen-bond donors (Lipinski definition) is 1. The number of carbonyl (C=O) groups is 1. The fourth-order valence-corrected chi connectivity index (χ4v) is 2.07. The Morgan fingerprint density at radius 3 is 2.65 bits per heavy atom. The number of aryl methyl sites for hydroxylation is 3. The number of nitrogens with zero attached hydrogens (tertiary/aromatic N) is 3. The van der Waals surface area contributed by atoms with Gasteiger partial charge >= 0.3 is 5.97 Å². The van der Waals surface area contributed by atoms with Gasteiger partial charge in [0.2, 0.25) is 0 Å². The van der Waals surface area contributed by atoms with Gasteiger partial charge in [0.25, 0.3) is 0 Å². The van der Waals surface area contributed by atoms with Crippen molar-refractivity contribution >= 4 is 5.97 Å². The maximum Gasteiger partial charge on any atom is 0.341 e. The molecular formula is C14H17N3O3. The Morgan fingerprint density at radius 1 is 1.40 bits per heavy atom. The summed E-state index contributed by atoms with van der Waals surface area (Å²) in [6, 6.07) is 3.33. The third-order valence-electron chi connectivity index (χ3n) is 3.30. The summed E-state index contributed by atoms with van der Waals surface area (Å²) in [7, 11) is 1.85. The van der Waals surface area contributed by atoms with Gasteiger partial charge in [-0.3, -0.25) is 9.48 Å². The topological polar surface area (TPSA) is 77.1 Å². The molecule has 1 N–H and O–H groups in total. The molecule has 0 atom stereocenters. The summed E-state index contributed by atoms with van der Waals surface area (Å²) in [5, 5.41) is 13.4.